The number of anilines is 2. The third-order valence-corrected chi connectivity index (χ3v) is 6.29. The van der Waals surface area contributed by atoms with Crippen molar-refractivity contribution in [1.29, 1.82) is 0 Å². The Morgan fingerprint density at radius 1 is 1.14 bits per heavy atom. The van der Waals surface area contributed by atoms with Crippen LogP contribution in [0.4, 0.5) is 11.8 Å². The minimum Gasteiger partial charge on any atom is -0.368 e. The molecule has 2 aromatic heterocycles. The van der Waals surface area contributed by atoms with Crippen LogP contribution < -0.4 is 16.0 Å². The summed E-state index contributed by atoms with van der Waals surface area (Å²) in [4.78, 5) is 15.6. The molecule has 0 bridgehead atoms. The summed E-state index contributed by atoms with van der Waals surface area (Å²) in [5.41, 5.74) is 8.07. The van der Waals surface area contributed by atoms with Crippen LogP contribution in [0.2, 0.25) is 10.0 Å². The van der Waals surface area contributed by atoms with Crippen molar-refractivity contribution in [2.45, 2.75) is 25.3 Å². The maximum absolute atomic E-state index is 6.55. The normalized spacial score (nSPS) is 19.2. The van der Waals surface area contributed by atoms with Gasteiger partial charge in [-0.3, -0.25) is 0 Å². The van der Waals surface area contributed by atoms with Crippen LogP contribution in [0.5, 0.6) is 0 Å². The fraction of sp³-hybridized carbons (Fsp3) is 0.381. The first-order valence-electron chi connectivity index (χ1n) is 9.94. The average molecular weight is 429 g/mol. The fourth-order valence-electron chi connectivity index (χ4n) is 3.96. The van der Waals surface area contributed by atoms with Crippen molar-refractivity contribution in [2.75, 3.05) is 30.3 Å². The van der Waals surface area contributed by atoms with Crippen LogP contribution in [0.25, 0.3) is 22.2 Å². The molecule has 29 heavy (non-hydrogen) atoms. The van der Waals surface area contributed by atoms with E-state index in [1.807, 2.05) is 24.3 Å². The zero-order valence-electron chi connectivity index (χ0n) is 15.9. The Hall–Kier alpha value is -2.15. The van der Waals surface area contributed by atoms with Gasteiger partial charge in [-0.25, -0.2) is 9.97 Å². The molecular weight excluding hydrogens is 407 g/mol. The van der Waals surface area contributed by atoms with Gasteiger partial charge in [0.2, 0.25) is 5.95 Å². The van der Waals surface area contributed by atoms with Crippen LogP contribution in [-0.4, -0.2) is 40.6 Å². The molecule has 8 heteroatoms. The summed E-state index contributed by atoms with van der Waals surface area (Å²) in [5, 5.41) is 5.65. The third kappa shape index (κ3) is 3.84. The number of benzene rings is 1. The van der Waals surface area contributed by atoms with Gasteiger partial charge in [-0.1, -0.05) is 29.3 Å². The molecule has 1 aliphatic carbocycles. The summed E-state index contributed by atoms with van der Waals surface area (Å²) < 4.78 is 0. The molecule has 1 aromatic carbocycles. The summed E-state index contributed by atoms with van der Waals surface area (Å²) in [6, 6.07) is 8.28. The molecule has 6 nitrogen and oxygen atoms in total. The molecule has 1 saturated carbocycles. The quantitative estimate of drug-likeness (QED) is 0.634. The highest BCUT2D eigenvalue weighted by atomic mass is 35.5. The summed E-state index contributed by atoms with van der Waals surface area (Å²) in [6.07, 6.45) is 5.42. The van der Waals surface area contributed by atoms with Gasteiger partial charge >= 0.3 is 0 Å². The first-order valence-corrected chi connectivity index (χ1v) is 10.7. The predicted molar refractivity (Wildman–Crippen MR) is 119 cm³/mol. The Morgan fingerprint density at radius 2 is 1.93 bits per heavy atom. The van der Waals surface area contributed by atoms with Crippen molar-refractivity contribution >= 4 is 46.0 Å². The SMILES string of the molecule is Nc1ncc2cc(-c3c(Cl)cccc3Cl)c(N3CC[C@H](CNC4CC4)C3)nc2n1. The van der Waals surface area contributed by atoms with Crippen LogP contribution in [0.15, 0.2) is 30.5 Å². The Morgan fingerprint density at radius 3 is 2.69 bits per heavy atom. The Labute approximate surface area is 179 Å². The van der Waals surface area contributed by atoms with E-state index in [1.54, 1.807) is 6.20 Å². The highest BCUT2D eigenvalue weighted by molar-refractivity contribution is 6.39. The topological polar surface area (TPSA) is 80.0 Å². The predicted octanol–water partition coefficient (Wildman–Crippen LogP) is 4.16. The first kappa shape index (κ1) is 18.9. The van der Waals surface area contributed by atoms with Gasteiger partial charge in [0.1, 0.15) is 5.82 Å². The first-order chi connectivity index (χ1) is 14.1. The number of hydrogen-bond donors (Lipinski definition) is 2. The molecule has 2 aliphatic rings. The lowest BCUT2D eigenvalue weighted by atomic mass is 10.0. The highest BCUT2D eigenvalue weighted by Crippen LogP contribution is 2.41. The van der Waals surface area contributed by atoms with Gasteiger partial charge in [0.25, 0.3) is 0 Å². The Bertz CT molecular complexity index is 1050. The van der Waals surface area contributed by atoms with E-state index in [1.165, 1.54) is 12.8 Å². The van der Waals surface area contributed by atoms with E-state index in [9.17, 15) is 0 Å². The molecular formula is C21H22Cl2N6. The van der Waals surface area contributed by atoms with Gasteiger partial charge in [-0.05, 0) is 49.9 Å². The second-order valence-electron chi connectivity index (χ2n) is 7.88. The molecule has 5 rings (SSSR count). The monoisotopic (exact) mass is 428 g/mol. The van der Waals surface area contributed by atoms with E-state index in [0.717, 1.165) is 54.4 Å². The molecule has 3 aromatic rings. The van der Waals surface area contributed by atoms with Crippen LogP contribution >= 0.6 is 23.2 Å². The number of pyridine rings is 1. The highest BCUT2D eigenvalue weighted by Gasteiger charge is 2.29. The summed E-state index contributed by atoms with van der Waals surface area (Å²) >= 11 is 13.1. The van der Waals surface area contributed by atoms with Crippen molar-refractivity contribution in [2.24, 2.45) is 5.92 Å². The van der Waals surface area contributed by atoms with Gasteiger partial charge in [0, 0.05) is 41.8 Å². The molecule has 1 saturated heterocycles. The van der Waals surface area contributed by atoms with Crippen LogP contribution in [0.3, 0.4) is 0 Å². The summed E-state index contributed by atoms with van der Waals surface area (Å²) in [6.45, 7) is 2.92. The molecule has 2 fully saturated rings. The van der Waals surface area contributed by atoms with Gasteiger partial charge in [0.15, 0.2) is 5.65 Å². The lowest BCUT2D eigenvalue weighted by Crippen LogP contribution is -2.28. The van der Waals surface area contributed by atoms with Gasteiger partial charge in [-0.15, -0.1) is 0 Å². The van der Waals surface area contributed by atoms with Crippen molar-refractivity contribution in [3.8, 4) is 11.1 Å². The fourth-order valence-corrected chi connectivity index (χ4v) is 4.56. The minimum atomic E-state index is 0.215. The minimum absolute atomic E-state index is 0.215. The van der Waals surface area contributed by atoms with E-state index in [-0.39, 0.29) is 5.95 Å². The second kappa shape index (κ2) is 7.59. The lowest BCUT2D eigenvalue weighted by Gasteiger charge is -2.22. The van der Waals surface area contributed by atoms with Crippen molar-refractivity contribution < 1.29 is 0 Å². The Balaban J connectivity index is 1.57. The number of rotatable bonds is 5. The van der Waals surface area contributed by atoms with Crippen LogP contribution in [-0.2, 0) is 0 Å². The molecule has 1 atom stereocenters. The number of hydrogen-bond acceptors (Lipinski definition) is 6. The largest absolute Gasteiger partial charge is 0.368 e. The van der Waals surface area contributed by atoms with E-state index < -0.39 is 0 Å². The molecule has 150 valence electrons. The summed E-state index contributed by atoms with van der Waals surface area (Å²) in [7, 11) is 0. The molecule has 0 unspecified atom stereocenters. The number of nitrogens with zero attached hydrogens (tertiary/aromatic N) is 4. The van der Waals surface area contributed by atoms with E-state index in [4.69, 9.17) is 33.9 Å². The standard InChI is InChI=1S/C21H22Cl2N6/c22-16-2-1-3-17(23)18(16)15-8-13-10-26-21(24)28-19(13)27-20(15)29-7-6-12(11-29)9-25-14-4-5-14/h1-3,8,10,12,14,25H,4-7,9,11H2,(H2,24,26,27,28)/t12-/m1/s1. The van der Waals surface area contributed by atoms with E-state index in [2.05, 4.69) is 20.2 Å². The van der Waals surface area contributed by atoms with Crippen LogP contribution in [0.1, 0.15) is 19.3 Å². The average Bonchev–Trinajstić information content (AvgIpc) is 3.41. The van der Waals surface area contributed by atoms with Gasteiger partial charge in [-0.2, -0.15) is 4.98 Å². The van der Waals surface area contributed by atoms with Gasteiger partial charge < -0.3 is 16.0 Å². The second-order valence-corrected chi connectivity index (χ2v) is 8.69. The van der Waals surface area contributed by atoms with Crippen molar-refractivity contribution in [3.63, 3.8) is 0 Å². The number of nitrogens with two attached hydrogens (primary N) is 1. The smallest absolute Gasteiger partial charge is 0.222 e. The number of halogens is 2. The molecule has 3 heterocycles. The third-order valence-electron chi connectivity index (χ3n) is 5.66. The molecule has 0 radical (unpaired) electrons. The lowest BCUT2D eigenvalue weighted by molar-refractivity contribution is 0.515. The molecule has 1 aliphatic heterocycles. The number of fused-ring (bicyclic) bond motifs is 1. The molecule has 0 spiro atoms. The van der Waals surface area contributed by atoms with Crippen molar-refractivity contribution in [3.05, 3.63) is 40.5 Å². The summed E-state index contributed by atoms with van der Waals surface area (Å²) in [5.74, 6) is 1.66. The maximum atomic E-state index is 6.55. The van der Waals surface area contributed by atoms with E-state index >= 15 is 0 Å². The van der Waals surface area contributed by atoms with Crippen LogP contribution in [0, 0.1) is 5.92 Å². The Kier molecular flexibility index (Phi) is 4.94. The van der Waals surface area contributed by atoms with Gasteiger partial charge in [0.05, 0.1) is 10.0 Å². The van der Waals surface area contributed by atoms with Crippen molar-refractivity contribution in [1.82, 2.24) is 20.3 Å². The number of nitrogens with one attached hydrogen (secondary N) is 1. The zero-order chi connectivity index (χ0) is 20.0. The zero-order valence-corrected chi connectivity index (χ0v) is 17.4. The molecule has 3 N–H and O–H groups in total. The number of nitrogen functional groups attached to an aromatic ring is 1. The number of aromatic nitrogens is 3. The maximum Gasteiger partial charge on any atom is 0.222 e. The van der Waals surface area contributed by atoms with E-state index in [0.29, 0.717) is 21.6 Å². The molecule has 0 amide bonds.